The van der Waals surface area contributed by atoms with Crippen molar-refractivity contribution in [2.45, 2.75) is 6.42 Å². The van der Waals surface area contributed by atoms with Crippen LogP contribution in [0.2, 0.25) is 5.15 Å². The summed E-state index contributed by atoms with van der Waals surface area (Å²) in [6, 6.07) is 2.60. The number of carboxylic acid groups (broad SMARTS) is 1. The van der Waals surface area contributed by atoms with E-state index in [1.165, 1.54) is 12.1 Å². The van der Waals surface area contributed by atoms with Crippen LogP contribution in [-0.4, -0.2) is 49.6 Å². The van der Waals surface area contributed by atoms with Gasteiger partial charge in [0.1, 0.15) is 5.15 Å². The van der Waals surface area contributed by atoms with Crippen molar-refractivity contribution in [3.63, 3.8) is 0 Å². The molecular formula is C12H16ClNO5. The summed E-state index contributed by atoms with van der Waals surface area (Å²) in [6.45, 7) is 2.00. The van der Waals surface area contributed by atoms with Crippen molar-refractivity contribution >= 4 is 17.6 Å². The molecule has 106 valence electrons. The molecule has 1 N–H and O–H groups in total. The summed E-state index contributed by atoms with van der Waals surface area (Å²) in [5.74, 6) is -0.876. The van der Waals surface area contributed by atoms with Gasteiger partial charge in [-0.2, -0.15) is 0 Å². The molecule has 0 unspecified atom stereocenters. The first kappa shape index (κ1) is 15.7. The summed E-state index contributed by atoms with van der Waals surface area (Å²) in [6.07, 6.45) is 0.667. The van der Waals surface area contributed by atoms with Gasteiger partial charge < -0.3 is 19.3 Å². The second-order valence-electron chi connectivity index (χ2n) is 3.63. The van der Waals surface area contributed by atoms with Gasteiger partial charge in [0.25, 0.3) is 0 Å². The number of nitrogens with zero attached hydrogens (tertiary/aromatic N) is 1. The Hall–Kier alpha value is -1.37. The standard InChI is InChI=1S/C12H16ClNO5/c1-17-5-6-18-3-2-4-19-11-8-9(12(15)16)7-10(13)14-11/h7-8H,2-6H2,1H3,(H,15,16). The molecule has 7 heteroatoms. The maximum atomic E-state index is 10.8. The lowest BCUT2D eigenvalue weighted by Crippen LogP contribution is -2.08. The van der Waals surface area contributed by atoms with Crippen LogP contribution in [0.4, 0.5) is 0 Å². The van der Waals surface area contributed by atoms with E-state index in [9.17, 15) is 4.79 Å². The normalized spacial score (nSPS) is 10.4. The molecule has 0 fully saturated rings. The molecule has 0 bridgehead atoms. The fourth-order valence-corrected chi connectivity index (χ4v) is 1.45. The SMILES string of the molecule is COCCOCCCOc1cc(C(=O)O)cc(Cl)n1. The second kappa shape index (κ2) is 8.68. The third kappa shape index (κ3) is 6.37. The van der Waals surface area contributed by atoms with Gasteiger partial charge in [0.2, 0.25) is 5.88 Å². The van der Waals surface area contributed by atoms with Crippen LogP contribution in [0.1, 0.15) is 16.8 Å². The average Bonchev–Trinajstić information content (AvgIpc) is 2.37. The molecule has 0 atom stereocenters. The highest BCUT2D eigenvalue weighted by atomic mass is 35.5. The Kier molecular flexibility index (Phi) is 7.17. The lowest BCUT2D eigenvalue weighted by atomic mass is 10.3. The van der Waals surface area contributed by atoms with E-state index in [-0.39, 0.29) is 16.6 Å². The molecule has 0 amide bonds. The third-order valence-electron chi connectivity index (χ3n) is 2.13. The molecule has 1 aromatic heterocycles. The number of hydrogen-bond donors (Lipinski definition) is 1. The van der Waals surface area contributed by atoms with Crippen LogP contribution in [-0.2, 0) is 9.47 Å². The van der Waals surface area contributed by atoms with Gasteiger partial charge in [-0.25, -0.2) is 9.78 Å². The largest absolute Gasteiger partial charge is 0.478 e. The summed E-state index contributed by atoms with van der Waals surface area (Å²) in [5.41, 5.74) is 0.0475. The molecule has 1 rings (SSSR count). The molecule has 0 radical (unpaired) electrons. The first-order chi connectivity index (χ1) is 9.13. The Morgan fingerprint density at radius 3 is 2.79 bits per heavy atom. The van der Waals surface area contributed by atoms with Gasteiger partial charge in [-0.3, -0.25) is 0 Å². The quantitative estimate of drug-likeness (QED) is 0.552. The Bertz CT molecular complexity index is 413. The smallest absolute Gasteiger partial charge is 0.335 e. The fourth-order valence-electron chi connectivity index (χ4n) is 1.25. The van der Waals surface area contributed by atoms with Crippen molar-refractivity contribution in [2.24, 2.45) is 0 Å². The van der Waals surface area contributed by atoms with Crippen molar-refractivity contribution in [2.75, 3.05) is 33.5 Å². The molecule has 19 heavy (non-hydrogen) atoms. The van der Waals surface area contributed by atoms with Gasteiger partial charge in [0.15, 0.2) is 0 Å². The molecule has 0 aliphatic carbocycles. The number of aromatic carboxylic acids is 1. The minimum atomic E-state index is -1.07. The van der Waals surface area contributed by atoms with Crippen LogP contribution >= 0.6 is 11.6 Å². The molecule has 0 aliphatic heterocycles. The molecule has 1 aromatic rings. The highest BCUT2D eigenvalue weighted by Gasteiger charge is 2.08. The van der Waals surface area contributed by atoms with Crippen LogP contribution in [0.15, 0.2) is 12.1 Å². The molecule has 0 saturated carbocycles. The monoisotopic (exact) mass is 289 g/mol. The second-order valence-corrected chi connectivity index (χ2v) is 4.02. The van der Waals surface area contributed by atoms with E-state index in [1.807, 2.05) is 0 Å². The van der Waals surface area contributed by atoms with Gasteiger partial charge in [0.05, 0.1) is 25.4 Å². The summed E-state index contributed by atoms with van der Waals surface area (Å²) in [5, 5.41) is 8.94. The van der Waals surface area contributed by atoms with E-state index < -0.39 is 5.97 Å². The van der Waals surface area contributed by atoms with E-state index in [4.69, 9.17) is 30.9 Å². The highest BCUT2D eigenvalue weighted by molar-refractivity contribution is 6.29. The van der Waals surface area contributed by atoms with E-state index in [2.05, 4.69) is 4.98 Å². The first-order valence-corrected chi connectivity index (χ1v) is 6.11. The number of halogens is 1. The van der Waals surface area contributed by atoms with Crippen LogP contribution in [0.3, 0.4) is 0 Å². The molecular weight excluding hydrogens is 274 g/mol. The van der Waals surface area contributed by atoms with E-state index in [0.717, 1.165) is 0 Å². The zero-order valence-corrected chi connectivity index (χ0v) is 11.4. The number of aromatic nitrogens is 1. The predicted molar refractivity (Wildman–Crippen MR) is 69.0 cm³/mol. The Morgan fingerprint density at radius 2 is 2.11 bits per heavy atom. The Labute approximate surface area is 116 Å². The highest BCUT2D eigenvalue weighted by Crippen LogP contribution is 2.16. The van der Waals surface area contributed by atoms with Gasteiger partial charge >= 0.3 is 5.97 Å². The van der Waals surface area contributed by atoms with E-state index >= 15 is 0 Å². The maximum Gasteiger partial charge on any atom is 0.335 e. The minimum Gasteiger partial charge on any atom is -0.478 e. The van der Waals surface area contributed by atoms with Gasteiger partial charge in [-0.15, -0.1) is 0 Å². The van der Waals surface area contributed by atoms with Crippen molar-refractivity contribution in [3.05, 3.63) is 22.8 Å². The van der Waals surface area contributed by atoms with Crippen molar-refractivity contribution < 1.29 is 24.1 Å². The van der Waals surface area contributed by atoms with Gasteiger partial charge in [-0.1, -0.05) is 11.6 Å². The molecule has 1 heterocycles. The molecule has 0 aliphatic rings. The number of hydrogen-bond acceptors (Lipinski definition) is 5. The van der Waals surface area contributed by atoms with Crippen molar-refractivity contribution in [3.8, 4) is 5.88 Å². The maximum absolute atomic E-state index is 10.8. The van der Waals surface area contributed by atoms with E-state index in [0.29, 0.717) is 32.8 Å². The van der Waals surface area contributed by atoms with Crippen LogP contribution < -0.4 is 4.74 Å². The van der Waals surface area contributed by atoms with Crippen molar-refractivity contribution in [1.82, 2.24) is 4.98 Å². The number of carboxylic acids is 1. The fraction of sp³-hybridized carbons (Fsp3) is 0.500. The summed E-state index contributed by atoms with van der Waals surface area (Å²) in [4.78, 5) is 14.7. The van der Waals surface area contributed by atoms with E-state index in [1.54, 1.807) is 7.11 Å². The third-order valence-corrected chi connectivity index (χ3v) is 2.33. The Balaban J connectivity index is 2.31. The average molecular weight is 290 g/mol. The lowest BCUT2D eigenvalue weighted by Gasteiger charge is -2.07. The summed E-state index contributed by atoms with van der Waals surface area (Å²) < 4.78 is 15.4. The van der Waals surface area contributed by atoms with Crippen LogP contribution in [0.5, 0.6) is 5.88 Å². The molecule has 0 spiro atoms. The predicted octanol–water partition coefficient (Wildman–Crippen LogP) is 1.87. The number of carbonyl (C=O) groups is 1. The zero-order valence-electron chi connectivity index (χ0n) is 10.6. The Morgan fingerprint density at radius 1 is 1.32 bits per heavy atom. The van der Waals surface area contributed by atoms with Crippen LogP contribution in [0.25, 0.3) is 0 Å². The molecule has 6 nitrogen and oxygen atoms in total. The van der Waals surface area contributed by atoms with Gasteiger partial charge in [0, 0.05) is 26.2 Å². The van der Waals surface area contributed by atoms with Crippen molar-refractivity contribution in [1.29, 1.82) is 0 Å². The topological polar surface area (TPSA) is 77.9 Å². The number of ether oxygens (including phenoxy) is 3. The number of methoxy groups -OCH3 is 1. The number of rotatable bonds is 9. The lowest BCUT2D eigenvalue weighted by molar-refractivity contribution is 0.0640. The molecule has 0 saturated heterocycles. The van der Waals surface area contributed by atoms with Crippen LogP contribution in [0, 0.1) is 0 Å². The molecule has 0 aromatic carbocycles. The zero-order chi connectivity index (χ0) is 14.1. The number of pyridine rings is 1. The summed E-state index contributed by atoms with van der Waals surface area (Å²) in [7, 11) is 1.61. The minimum absolute atomic E-state index is 0.0475. The summed E-state index contributed by atoms with van der Waals surface area (Å²) >= 11 is 5.70. The first-order valence-electron chi connectivity index (χ1n) is 5.74. The van der Waals surface area contributed by atoms with Gasteiger partial charge in [-0.05, 0) is 6.07 Å².